The van der Waals surface area contributed by atoms with E-state index in [1.54, 1.807) is 0 Å². The summed E-state index contributed by atoms with van der Waals surface area (Å²) in [5.74, 6) is 0.513. The van der Waals surface area contributed by atoms with Gasteiger partial charge in [0.2, 0.25) is 0 Å². The van der Waals surface area contributed by atoms with Crippen molar-refractivity contribution in [1.82, 2.24) is 14.9 Å². The third-order valence-electron chi connectivity index (χ3n) is 5.57. The molecule has 1 saturated heterocycles. The molecule has 3 rings (SSSR count). The fourth-order valence-corrected chi connectivity index (χ4v) is 3.81. The lowest BCUT2D eigenvalue weighted by Crippen LogP contribution is -2.35. The van der Waals surface area contributed by atoms with Gasteiger partial charge in [-0.05, 0) is 63.8 Å². The fraction of sp³-hybridized carbons (Fsp3) is 0.560. The number of aromatic nitrogens is 2. The van der Waals surface area contributed by atoms with Gasteiger partial charge in [-0.15, -0.1) is 0 Å². The molecular formula is C25H36N4O6. The van der Waals surface area contributed by atoms with E-state index in [-0.39, 0.29) is 0 Å². The van der Waals surface area contributed by atoms with Gasteiger partial charge in [-0.3, -0.25) is 14.3 Å². The summed E-state index contributed by atoms with van der Waals surface area (Å²) in [6, 6.07) is 9.09. The highest BCUT2D eigenvalue weighted by Crippen LogP contribution is 2.24. The standard InChI is InChI=1S/C25H36N4O6/c1-25(2,3)35-24(32)26-11-15-33-16-17-34-18-19-8-12-28(13-9-19)20-4-6-21(7-5-20)29-14-10-22(30)27-23(29)31/h4-7,10,14,19H,8-9,11-13,15-18H2,1-3H3,(H,26,32)(H,27,30,31). The van der Waals surface area contributed by atoms with Gasteiger partial charge in [0.15, 0.2) is 0 Å². The van der Waals surface area contributed by atoms with Gasteiger partial charge in [0, 0.05) is 44.2 Å². The van der Waals surface area contributed by atoms with Crippen LogP contribution < -0.4 is 21.5 Å². The number of hydrogen-bond acceptors (Lipinski definition) is 7. The molecule has 0 aliphatic carbocycles. The SMILES string of the molecule is CC(C)(C)OC(=O)NCCOCCOCC1CCN(c2ccc(-n3ccc(=O)[nH]c3=O)cc2)CC1. The Balaban J connectivity index is 1.28. The molecule has 0 atom stereocenters. The molecule has 2 aromatic rings. The highest BCUT2D eigenvalue weighted by molar-refractivity contribution is 5.67. The van der Waals surface area contributed by atoms with E-state index in [4.69, 9.17) is 14.2 Å². The van der Waals surface area contributed by atoms with Crippen LogP contribution in [0.1, 0.15) is 33.6 Å². The Labute approximate surface area is 205 Å². The average molecular weight is 489 g/mol. The van der Waals surface area contributed by atoms with Crippen LogP contribution in [0.4, 0.5) is 10.5 Å². The summed E-state index contributed by atoms with van der Waals surface area (Å²) in [6.07, 6.45) is 3.13. The van der Waals surface area contributed by atoms with Gasteiger partial charge in [-0.25, -0.2) is 9.59 Å². The van der Waals surface area contributed by atoms with Gasteiger partial charge in [-0.1, -0.05) is 0 Å². The molecular weight excluding hydrogens is 452 g/mol. The van der Waals surface area contributed by atoms with Gasteiger partial charge in [0.05, 0.1) is 25.5 Å². The number of nitrogens with one attached hydrogen (secondary N) is 2. The van der Waals surface area contributed by atoms with Crippen molar-refractivity contribution in [3.63, 3.8) is 0 Å². The maximum Gasteiger partial charge on any atom is 0.407 e. The predicted molar refractivity (Wildman–Crippen MR) is 133 cm³/mol. The Morgan fingerprint density at radius 1 is 1.00 bits per heavy atom. The molecule has 0 radical (unpaired) electrons. The summed E-state index contributed by atoms with van der Waals surface area (Å²) in [5, 5.41) is 2.66. The highest BCUT2D eigenvalue weighted by Gasteiger charge is 2.20. The predicted octanol–water partition coefficient (Wildman–Crippen LogP) is 2.30. The minimum Gasteiger partial charge on any atom is -0.444 e. The summed E-state index contributed by atoms with van der Waals surface area (Å²) < 4.78 is 17.8. The number of carbonyl (C=O) groups is 1. The molecule has 1 aromatic heterocycles. The number of H-pyrrole nitrogens is 1. The molecule has 35 heavy (non-hydrogen) atoms. The van der Waals surface area contributed by atoms with Crippen molar-refractivity contribution >= 4 is 11.8 Å². The van der Waals surface area contributed by atoms with Gasteiger partial charge in [0.1, 0.15) is 5.60 Å². The van der Waals surface area contributed by atoms with Crippen LogP contribution in [0.2, 0.25) is 0 Å². The molecule has 1 amide bonds. The smallest absolute Gasteiger partial charge is 0.407 e. The Kier molecular flexibility index (Phi) is 9.50. The molecule has 1 aliphatic rings. The molecule has 10 nitrogen and oxygen atoms in total. The van der Waals surface area contributed by atoms with Gasteiger partial charge in [0.25, 0.3) is 5.56 Å². The summed E-state index contributed by atoms with van der Waals surface area (Å²) in [5.41, 5.74) is 0.455. The molecule has 1 aromatic carbocycles. The van der Waals surface area contributed by atoms with Crippen LogP contribution in [0.3, 0.4) is 0 Å². The molecule has 0 saturated carbocycles. The largest absolute Gasteiger partial charge is 0.444 e. The van der Waals surface area contributed by atoms with Crippen molar-refractivity contribution in [2.45, 2.75) is 39.2 Å². The molecule has 1 aliphatic heterocycles. The van der Waals surface area contributed by atoms with Crippen LogP contribution in [-0.2, 0) is 14.2 Å². The van der Waals surface area contributed by atoms with E-state index in [0.717, 1.165) is 31.6 Å². The van der Waals surface area contributed by atoms with Crippen molar-refractivity contribution in [1.29, 1.82) is 0 Å². The number of hydrogen-bond donors (Lipinski definition) is 2. The van der Waals surface area contributed by atoms with Crippen LogP contribution in [0, 0.1) is 5.92 Å². The molecule has 1 fully saturated rings. The van der Waals surface area contributed by atoms with Gasteiger partial charge < -0.3 is 24.4 Å². The first kappa shape index (κ1) is 26.5. The van der Waals surface area contributed by atoms with Crippen LogP contribution in [0.15, 0.2) is 46.1 Å². The van der Waals surface area contributed by atoms with E-state index in [1.807, 2.05) is 45.0 Å². The Bertz CT molecular complexity index is 1050. The normalized spacial score (nSPS) is 14.7. The molecule has 10 heteroatoms. The number of alkyl carbamates (subject to hydrolysis) is 1. The summed E-state index contributed by atoms with van der Waals surface area (Å²) >= 11 is 0. The second kappa shape index (κ2) is 12.6. The van der Waals surface area contributed by atoms with Crippen molar-refractivity contribution < 1.29 is 19.0 Å². The van der Waals surface area contributed by atoms with Crippen LogP contribution in [0.25, 0.3) is 5.69 Å². The number of piperidine rings is 1. The van der Waals surface area contributed by atoms with E-state index in [1.165, 1.54) is 16.8 Å². The fourth-order valence-electron chi connectivity index (χ4n) is 3.81. The second-order valence-electron chi connectivity index (χ2n) is 9.54. The lowest BCUT2D eigenvalue weighted by Gasteiger charge is -2.33. The van der Waals surface area contributed by atoms with Crippen LogP contribution in [0.5, 0.6) is 0 Å². The Hall–Kier alpha value is -3.11. The van der Waals surface area contributed by atoms with E-state index >= 15 is 0 Å². The highest BCUT2D eigenvalue weighted by atomic mass is 16.6. The number of carbonyl (C=O) groups excluding carboxylic acids is 1. The average Bonchev–Trinajstić information content (AvgIpc) is 2.80. The number of nitrogens with zero attached hydrogens (tertiary/aromatic N) is 2. The molecule has 0 spiro atoms. The number of amides is 1. The van der Waals surface area contributed by atoms with Gasteiger partial charge >= 0.3 is 11.8 Å². The zero-order valence-corrected chi connectivity index (χ0v) is 20.7. The number of anilines is 1. The van der Waals surface area contributed by atoms with E-state index in [9.17, 15) is 14.4 Å². The zero-order valence-electron chi connectivity index (χ0n) is 20.7. The third kappa shape index (κ3) is 8.88. The lowest BCUT2D eigenvalue weighted by atomic mass is 9.97. The quantitative estimate of drug-likeness (QED) is 0.493. The maximum atomic E-state index is 12.0. The first-order valence-corrected chi connectivity index (χ1v) is 12.0. The first-order chi connectivity index (χ1) is 16.7. The van der Waals surface area contributed by atoms with Crippen LogP contribution >= 0.6 is 0 Å². The number of ether oxygens (including phenoxy) is 3. The summed E-state index contributed by atoms with van der Waals surface area (Å²) in [7, 11) is 0. The number of rotatable bonds is 10. The zero-order chi connectivity index (χ0) is 25.3. The topological polar surface area (TPSA) is 115 Å². The minimum atomic E-state index is -0.507. The Morgan fingerprint density at radius 2 is 1.66 bits per heavy atom. The van der Waals surface area contributed by atoms with Crippen molar-refractivity contribution in [3.8, 4) is 5.69 Å². The maximum absolute atomic E-state index is 12.0. The number of benzene rings is 1. The number of aromatic amines is 1. The van der Waals surface area contributed by atoms with Crippen molar-refractivity contribution in [2.24, 2.45) is 5.92 Å². The molecule has 2 heterocycles. The third-order valence-corrected chi connectivity index (χ3v) is 5.57. The second-order valence-corrected chi connectivity index (χ2v) is 9.54. The van der Waals surface area contributed by atoms with Crippen molar-refractivity contribution in [2.75, 3.05) is 51.0 Å². The van der Waals surface area contributed by atoms with E-state index in [0.29, 0.717) is 44.6 Å². The molecule has 2 N–H and O–H groups in total. The Morgan fingerprint density at radius 3 is 2.31 bits per heavy atom. The van der Waals surface area contributed by atoms with E-state index < -0.39 is 22.9 Å². The van der Waals surface area contributed by atoms with E-state index in [2.05, 4.69) is 15.2 Å². The van der Waals surface area contributed by atoms with Crippen LogP contribution in [-0.4, -0.2) is 67.3 Å². The first-order valence-electron chi connectivity index (χ1n) is 12.0. The molecule has 192 valence electrons. The van der Waals surface area contributed by atoms with Crippen molar-refractivity contribution in [3.05, 3.63) is 57.4 Å². The van der Waals surface area contributed by atoms with Gasteiger partial charge in [-0.2, -0.15) is 0 Å². The minimum absolute atomic E-state index is 0.399. The summed E-state index contributed by atoms with van der Waals surface area (Å²) in [4.78, 5) is 39.3. The molecule has 0 unspecified atom stereocenters. The monoisotopic (exact) mass is 488 g/mol. The summed E-state index contributed by atoms with van der Waals surface area (Å²) in [6.45, 7) is 9.89. The lowest BCUT2D eigenvalue weighted by molar-refractivity contribution is 0.0276. The molecule has 0 bridgehead atoms.